The molecule has 0 aliphatic rings. The van der Waals surface area contributed by atoms with Gasteiger partial charge in [-0.25, -0.2) is 9.78 Å². The number of imidazole rings is 1. The van der Waals surface area contributed by atoms with E-state index in [0.717, 1.165) is 28.1 Å². The molecule has 0 amide bonds. The molecule has 3 aromatic carbocycles. The summed E-state index contributed by atoms with van der Waals surface area (Å²) in [6.07, 6.45) is 0.712. The molecule has 2 aromatic heterocycles. The number of carboxylic acid groups (broad SMARTS) is 1. The van der Waals surface area contributed by atoms with Crippen molar-refractivity contribution in [2.75, 3.05) is 0 Å². The second-order valence-corrected chi connectivity index (χ2v) is 7.42. The Balaban J connectivity index is 1.52. The molecule has 2 N–H and O–H groups in total. The first-order valence-corrected chi connectivity index (χ1v) is 10.3. The number of H-pyrrole nitrogens is 1. The number of nitrogens with one attached hydrogen (secondary N) is 1. The molecule has 32 heavy (non-hydrogen) atoms. The van der Waals surface area contributed by atoms with Crippen LogP contribution in [0.15, 0.2) is 66.7 Å². The zero-order valence-electron chi connectivity index (χ0n) is 17.4. The van der Waals surface area contributed by atoms with Gasteiger partial charge in [0.2, 0.25) is 5.82 Å². The zero-order chi connectivity index (χ0) is 22.1. The molecule has 0 spiro atoms. The molecule has 0 saturated heterocycles. The van der Waals surface area contributed by atoms with Gasteiger partial charge in [0, 0.05) is 18.5 Å². The lowest BCUT2D eigenvalue weighted by molar-refractivity contribution is 0.0698. The summed E-state index contributed by atoms with van der Waals surface area (Å²) in [6.45, 7) is 2.56. The van der Waals surface area contributed by atoms with Gasteiger partial charge in [0.1, 0.15) is 5.82 Å². The summed E-state index contributed by atoms with van der Waals surface area (Å²) in [5.41, 5.74) is 5.62. The fourth-order valence-electron chi connectivity index (χ4n) is 4.02. The van der Waals surface area contributed by atoms with E-state index in [0.29, 0.717) is 29.8 Å². The second kappa shape index (κ2) is 8.07. The maximum absolute atomic E-state index is 11.8. The van der Waals surface area contributed by atoms with Crippen molar-refractivity contribution in [1.29, 1.82) is 0 Å². The van der Waals surface area contributed by atoms with E-state index in [2.05, 4.69) is 49.9 Å². The largest absolute Gasteiger partial charge is 0.478 e. The maximum Gasteiger partial charge on any atom is 0.337 e. The van der Waals surface area contributed by atoms with Crippen molar-refractivity contribution in [3.63, 3.8) is 0 Å². The zero-order valence-corrected chi connectivity index (χ0v) is 17.4. The number of carbonyl (C=O) groups is 1. The van der Waals surface area contributed by atoms with E-state index in [1.807, 2.05) is 41.8 Å². The van der Waals surface area contributed by atoms with Crippen LogP contribution in [0.4, 0.5) is 0 Å². The number of aromatic carboxylic acids is 1. The summed E-state index contributed by atoms with van der Waals surface area (Å²) in [7, 11) is 0. The van der Waals surface area contributed by atoms with Crippen molar-refractivity contribution in [3.8, 4) is 22.5 Å². The number of benzene rings is 3. The molecule has 0 aliphatic carbocycles. The number of aromatic amines is 1. The summed E-state index contributed by atoms with van der Waals surface area (Å²) < 4.78 is 2.00. The van der Waals surface area contributed by atoms with Gasteiger partial charge < -0.3 is 9.67 Å². The minimum atomic E-state index is -0.951. The Kier molecular flexibility index (Phi) is 4.95. The summed E-state index contributed by atoms with van der Waals surface area (Å²) in [6, 6.07) is 21.3. The fraction of sp³-hybridized carbons (Fsp3) is 0.125. The van der Waals surface area contributed by atoms with Gasteiger partial charge in [-0.2, -0.15) is 5.21 Å². The van der Waals surface area contributed by atoms with Gasteiger partial charge in [0.05, 0.1) is 16.6 Å². The summed E-state index contributed by atoms with van der Waals surface area (Å²) in [5, 5.41) is 24.0. The van der Waals surface area contributed by atoms with Crippen molar-refractivity contribution in [2.24, 2.45) is 0 Å². The lowest BCUT2D eigenvalue weighted by atomic mass is 9.98. The van der Waals surface area contributed by atoms with Gasteiger partial charge in [0.15, 0.2) is 0 Å². The van der Waals surface area contributed by atoms with Crippen LogP contribution in [0, 0.1) is 0 Å². The maximum atomic E-state index is 11.8. The van der Waals surface area contributed by atoms with E-state index in [9.17, 15) is 9.90 Å². The van der Waals surface area contributed by atoms with Crippen LogP contribution in [-0.4, -0.2) is 41.3 Å². The van der Waals surface area contributed by atoms with Crippen molar-refractivity contribution >= 4 is 17.0 Å². The first kappa shape index (κ1) is 19.6. The third-order valence-electron chi connectivity index (χ3n) is 5.51. The third-order valence-corrected chi connectivity index (χ3v) is 5.51. The smallest absolute Gasteiger partial charge is 0.337 e. The first-order valence-electron chi connectivity index (χ1n) is 10.3. The average Bonchev–Trinajstić information content (AvgIpc) is 3.48. The quantitative estimate of drug-likeness (QED) is 0.423. The second-order valence-electron chi connectivity index (χ2n) is 7.42. The Bertz CT molecular complexity index is 1400. The highest BCUT2D eigenvalue weighted by atomic mass is 16.4. The number of hydrogen-bond acceptors (Lipinski definition) is 5. The molecule has 0 fully saturated rings. The Hall–Kier alpha value is -4.33. The number of fused-ring (bicyclic) bond motifs is 1. The van der Waals surface area contributed by atoms with Crippen molar-refractivity contribution in [1.82, 2.24) is 30.2 Å². The minimum Gasteiger partial charge on any atom is -0.478 e. The molecule has 0 bridgehead atoms. The number of aromatic nitrogens is 6. The van der Waals surface area contributed by atoms with Crippen molar-refractivity contribution < 1.29 is 9.90 Å². The standard InChI is InChI=1S/C24H20N6O2/c1-2-21-25-20-9-5-8-19(24(31)32)22(20)30(21)14-15-10-12-16(13-11-15)17-6-3-4-7-18(17)23-26-28-29-27-23/h3-13H,2,14H2,1H3,(H,31,32)(H,26,27,28,29). The number of para-hydroxylation sites is 1. The van der Waals surface area contributed by atoms with E-state index >= 15 is 0 Å². The SMILES string of the molecule is CCc1nc2cccc(C(=O)O)c2n1Cc1ccc(-c2ccccc2-c2nn[nH]n2)cc1. The predicted molar refractivity (Wildman–Crippen MR) is 120 cm³/mol. The van der Waals surface area contributed by atoms with Gasteiger partial charge in [-0.3, -0.25) is 0 Å². The Morgan fingerprint density at radius 3 is 2.47 bits per heavy atom. The van der Waals surface area contributed by atoms with Crippen LogP contribution in [-0.2, 0) is 13.0 Å². The molecule has 2 heterocycles. The van der Waals surface area contributed by atoms with Crippen LogP contribution in [0.2, 0.25) is 0 Å². The molecule has 0 atom stereocenters. The number of aryl methyl sites for hydroxylation is 1. The van der Waals surface area contributed by atoms with Gasteiger partial charge in [-0.1, -0.05) is 61.5 Å². The van der Waals surface area contributed by atoms with E-state index in [1.54, 1.807) is 12.1 Å². The molecule has 8 heteroatoms. The van der Waals surface area contributed by atoms with Gasteiger partial charge >= 0.3 is 5.97 Å². The molecular weight excluding hydrogens is 404 g/mol. The number of rotatable bonds is 6. The third kappa shape index (κ3) is 3.41. The molecule has 5 rings (SSSR count). The summed E-state index contributed by atoms with van der Waals surface area (Å²) in [4.78, 5) is 16.4. The minimum absolute atomic E-state index is 0.264. The molecule has 8 nitrogen and oxygen atoms in total. The summed E-state index contributed by atoms with van der Waals surface area (Å²) >= 11 is 0. The number of hydrogen-bond donors (Lipinski definition) is 2. The lowest BCUT2D eigenvalue weighted by Gasteiger charge is -2.11. The van der Waals surface area contributed by atoms with E-state index in [4.69, 9.17) is 0 Å². The van der Waals surface area contributed by atoms with Crippen LogP contribution in [0.25, 0.3) is 33.5 Å². The molecule has 0 aliphatic heterocycles. The molecule has 0 unspecified atom stereocenters. The normalized spacial score (nSPS) is 11.2. The van der Waals surface area contributed by atoms with Gasteiger partial charge in [-0.05, 0) is 34.0 Å². The van der Waals surface area contributed by atoms with Crippen LogP contribution in [0.5, 0.6) is 0 Å². The van der Waals surface area contributed by atoms with Crippen molar-refractivity contribution in [2.45, 2.75) is 19.9 Å². The van der Waals surface area contributed by atoms with E-state index in [-0.39, 0.29) is 5.56 Å². The van der Waals surface area contributed by atoms with E-state index < -0.39 is 5.97 Å². The van der Waals surface area contributed by atoms with Gasteiger partial charge in [0.25, 0.3) is 0 Å². The van der Waals surface area contributed by atoms with Crippen LogP contribution < -0.4 is 0 Å². The highest BCUT2D eigenvalue weighted by Crippen LogP contribution is 2.30. The van der Waals surface area contributed by atoms with Crippen LogP contribution in [0.3, 0.4) is 0 Å². The number of carboxylic acids is 1. The lowest BCUT2D eigenvalue weighted by Crippen LogP contribution is -2.07. The molecule has 5 aromatic rings. The van der Waals surface area contributed by atoms with Crippen LogP contribution in [0.1, 0.15) is 28.7 Å². The number of tetrazole rings is 1. The number of nitrogens with zero attached hydrogens (tertiary/aromatic N) is 5. The van der Waals surface area contributed by atoms with Crippen LogP contribution >= 0.6 is 0 Å². The summed E-state index contributed by atoms with van der Waals surface area (Å²) in [5.74, 6) is 0.455. The molecular formula is C24H20N6O2. The molecule has 0 saturated carbocycles. The topological polar surface area (TPSA) is 110 Å². The Labute approximate surface area is 183 Å². The fourth-order valence-corrected chi connectivity index (χ4v) is 4.02. The first-order chi connectivity index (χ1) is 15.7. The predicted octanol–water partition coefficient (Wildman–Crippen LogP) is 4.19. The average molecular weight is 424 g/mol. The highest BCUT2D eigenvalue weighted by Gasteiger charge is 2.17. The molecule has 0 radical (unpaired) electrons. The monoisotopic (exact) mass is 424 g/mol. The molecule has 158 valence electrons. The Morgan fingerprint density at radius 2 is 1.78 bits per heavy atom. The Morgan fingerprint density at radius 1 is 1.00 bits per heavy atom. The van der Waals surface area contributed by atoms with Gasteiger partial charge in [-0.15, -0.1) is 10.2 Å². The highest BCUT2D eigenvalue weighted by molar-refractivity contribution is 6.01. The van der Waals surface area contributed by atoms with E-state index in [1.165, 1.54) is 0 Å². The van der Waals surface area contributed by atoms with Crippen molar-refractivity contribution in [3.05, 3.63) is 83.7 Å².